The Balaban J connectivity index is -0.000000136. The van der Waals surface area contributed by atoms with Crippen molar-refractivity contribution in [3.05, 3.63) is 0 Å². The van der Waals surface area contributed by atoms with Crippen molar-refractivity contribution in [3.8, 4) is 0 Å². The summed E-state index contributed by atoms with van der Waals surface area (Å²) in [6.07, 6.45) is 49.5. The Morgan fingerprint density at radius 3 is 0.175 bits per heavy atom. The van der Waals surface area contributed by atoms with E-state index in [4.69, 9.17) is 40.9 Å². The zero-order chi connectivity index (χ0) is 45.0. The molecule has 0 aromatic heterocycles. The molecule has 0 amide bonds. The molecule has 0 radical (unpaired) electrons. The van der Waals surface area contributed by atoms with Crippen LogP contribution in [-0.4, -0.2) is 93.7 Å². The maximum absolute atomic E-state index is 7.57. The van der Waals surface area contributed by atoms with Gasteiger partial charge in [-0.05, 0) is 55.4 Å². The first-order valence-electron chi connectivity index (χ1n) is 24.7. The van der Waals surface area contributed by atoms with Crippen LogP contribution in [-0.2, 0) is 0 Å². The lowest BCUT2D eigenvalue weighted by Crippen LogP contribution is -1.85. The summed E-state index contributed by atoms with van der Waals surface area (Å²) in [7, 11) is 0. The molecule has 0 aliphatic heterocycles. The van der Waals surface area contributed by atoms with Gasteiger partial charge in [-0.3, -0.25) is 0 Å². The van der Waals surface area contributed by atoms with E-state index < -0.39 is 0 Å². The minimum atomic E-state index is 0.250. The van der Waals surface area contributed by atoms with Gasteiger partial charge in [-0.1, -0.05) is 212 Å². The molecule has 0 saturated heterocycles. The van der Waals surface area contributed by atoms with E-state index in [1.165, 1.54) is 212 Å². The Labute approximate surface area is 360 Å². The summed E-state index contributed by atoms with van der Waals surface area (Å²) < 4.78 is 0. The van der Waals surface area contributed by atoms with E-state index in [1.54, 1.807) is 55.4 Å². The summed E-state index contributed by atoms with van der Waals surface area (Å²) >= 11 is 0. The van der Waals surface area contributed by atoms with Gasteiger partial charge in [0.25, 0.3) is 0 Å². The van der Waals surface area contributed by atoms with Crippen molar-refractivity contribution in [1.82, 2.24) is 0 Å². The largest absolute Gasteiger partial charge is 0.397 e. The first kappa shape index (κ1) is 74.2. The zero-order valence-electron chi connectivity index (χ0n) is 40.6. The summed E-state index contributed by atoms with van der Waals surface area (Å²) in [5.74, 6) is 0. The quantitative estimate of drug-likeness (QED) is 0.120. The van der Waals surface area contributed by atoms with Gasteiger partial charge in [0.2, 0.25) is 0 Å². The Kier molecular flexibility index (Phi) is 131. The molecule has 1 fully saturated rings. The summed E-state index contributed by atoms with van der Waals surface area (Å²) in [5, 5.41) is 60.6. The molecule has 0 unspecified atom stereocenters. The highest BCUT2D eigenvalue weighted by Gasteiger charge is 1.98. The molecule has 8 N–H and O–H groups in total. The highest BCUT2D eigenvalue weighted by molar-refractivity contribution is 4.53. The fourth-order valence-electron chi connectivity index (χ4n) is 5.83. The van der Waals surface area contributed by atoms with Crippen LogP contribution in [0.25, 0.3) is 0 Å². The average Bonchev–Trinajstić information content (AvgIpc) is 3.17. The van der Waals surface area contributed by atoms with Crippen LogP contribution in [0.3, 0.4) is 0 Å². The second kappa shape index (κ2) is 101. The van der Waals surface area contributed by atoms with Gasteiger partial charge >= 0.3 is 0 Å². The lowest BCUT2D eigenvalue weighted by molar-refractivity contribution is 0.318. The monoisotopic (exact) mass is 831 g/mol. The van der Waals surface area contributed by atoms with E-state index in [1.807, 2.05) is 0 Å². The minimum Gasteiger partial charge on any atom is -0.397 e. The Morgan fingerprint density at radius 2 is 0.158 bits per heavy atom. The summed E-state index contributed by atoms with van der Waals surface area (Å²) in [5.41, 5.74) is 0. The second-order valence-electron chi connectivity index (χ2n) is 14.2. The molecule has 8 nitrogen and oxygen atoms in total. The van der Waals surface area contributed by atoms with Crippen LogP contribution >= 0.6 is 0 Å². The van der Waals surface area contributed by atoms with Crippen molar-refractivity contribution < 1.29 is 40.9 Å². The van der Waals surface area contributed by atoms with Crippen molar-refractivity contribution in [1.29, 1.82) is 0 Å². The molecule has 0 aromatic carbocycles. The number of aliphatic hydroxyl groups is 8. The number of aliphatic hydroxyl groups excluding tert-OH is 8. The lowest BCUT2D eigenvalue weighted by Gasteiger charge is -2.04. The number of hydrogen-bond acceptors (Lipinski definition) is 8. The number of rotatable bonds is 0. The molecule has 8 heteroatoms. The van der Waals surface area contributed by atoms with Crippen molar-refractivity contribution in [3.63, 3.8) is 0 Å². The Hall–Kier alpha value is -0.320. The fraction of sp³-hybridized carbons (Fsp3) is 1.00. The van der Waals surface area contributed by atoms with Crippen molar-refractivity contribution in [2.24, 2.45) is 0 Å². The predicted octanol–water partition coefficient (Wildman–Crippen LogP) is 12.9. The molecule has 358 valence electrons. The highest BCUT2D eigenvalue weighted by Crippen LogP contribution is 2.18. The van der Waals surface area contributed by atoms with Crippen LogP contribution < -0.4 is 0 Å². The van der Waals surface area contributed by atoms with E-state index in [2.05, 4.69) is 0 Å². The molecule has 1 rings (SSSR count). The normalized spacial score (nSPS) is 16.4. The van der Waals surface area contributed by atoms with Gasteiger partial charge in [0, 0.05) is 52.9 Å². The third kappa shape index (κ3) is 150. The maximum atomic E-state index is 7.57. The first-order chi connectivity index (χ1) is 27.8. The van der Waals surface area contributed by atoms with E-state index >= 15 is 0 Å². The summed E-state index contributed by atoms with van der Waals surface area (Å²) in [6.45, 7) is 15.4. The minimum absolute atomic E-state index is 0.250. The van der Waals surface area contributed by atoms with Crippen LogP contribution in [0.15, 0.2) is 0 Å². The average molecular weight is 831 g/mol. The SMILES string of the molecule is C1CCCCCCCCCCCCCCCCCCCCCCCCCCCCCCCC1.CCO.CCO.CCO.CCO.CCO.CCO.CCO.CCO. The number of hydrogen-bond donors (Lipinski definition) is 8. The standard InChI is InChI=1S/C33H66.8C2H6O/c1-2-4-6-8-10-12-14-16-18-20-22-24-26-28-30-32-33-31-29-27-25-23-21-19-17-15-13-11-9-7-5-3-1;8*1-2-3/h1-33H2;8*3H,2H2,1H3. The molecule has 0 atom stereocenters. The molecule has 1 aliphatic carbocycles. The van der Waals surface area contributed by atoms with Crippen molar-refractivity contribution in [2.75, 3.05) is 52.9 Å². The second-order valence-corrected chi connectivity index (χ2v) is 14.2. The van der Waals surface area contributed by atoms with E-state index in [9.17, 15) is 0 Å². The van der Waals surface area contributed by atoms with Crippen LogP contribution in [0.5, 0.6) is 0 Å². The smallest absolute Gasteiger partial charge is 0.0402 e. The predicted molar refractivity (Wildman–Crippen MR) is 254 cm³/mol. The molecule has 1 saturated carbocycles. The van der Waals surface area contributed by atoms with Gasteiger partial charge in [-0.2, -0.15) is 0 Å². The van der Waals surface area contributed by atoms with E-state index in [-0.39, 0.29) is 52.9 Å². The van der Waals surface area contributed by atoms with Gasteiger partial charge in [0.05, 0.1) is 0 Å². The molecule has 57 heavy (non-hydrogen) atoms. The molecule has 0 spiro atoms. The van der Waals surface area contributed by atoms with Crippen LogP contribution in [0, 0.1) is 0 Å². The Bertz CT molecular complexity index is 282. The third-order valence-electron chi connectivity index (χ3n) is 8.25. The van der Waals surface area contributed by atoms with Crippen LogP contribution in [0.4, 0.5) is 0 Å². The lowest BCUT2D eigenvalue weighted by atomic mass is 10.0. The van der Waals surface area contributed by atoms with Gasteiger partial charge in [-0.15, -0.1) is 0 Å². The van der Waals surface area contributed by atoms with E-state index in [0.29, 0.717) is 0 Å². The first-order valence-corrected chi connectivity index (χ1v) is 24.7. The summed E-state index contributed by atoms with van der Waals surface area (Å²) in [4.78, 5) is 0. The van der Waals surface area contributed by atoms with E-state index in [0.717, 1.165) is 0 Å². The maximum Gasteiger partial charge on any atom is 0.0402 e. The summed E-state index contributed by atoms with van der Waals surface area (Å²) in [6, 6.07) is 0. The topological polar surface area (TPSA) is 162 Å². The van der Waals surface area contributed by atoms with Gasteiger partial charge < -0.3 is 40.9 Å². The molecular weight excluding hydrogens is 717 g/mol. The third-order valence-corrected chi connectivity index (χ3v) is 8.25. The van der Waals surface area contributed by atoms with Crippen LogP contribution in [0.2, 0.25) is 0 Å². The van der Waals surface area contributed by atoms with Crippen LogP contribution in [0.1, 0.15) is 267 Å². The van der Waals surface area contributed by atoms with Crippen molar-refractivity contribution >= 4 is 0 Å². The fourth-order valence-corrected chi connectivity index (χ4v) is 5.83. The molecule has 0 heterocycles. The Morgan fingerprint density at radius 1 is 0.140 bits per heavy atom. The highest BCUT2D eigenvalue weighted by atomic mass is 16.3. The molecular formula is C49H114O8. The molecule has 1 aliphatic rings. The van der Waals surface area contributed by atoms with Gasteiger partial charge in [-0.25, -0.2) is 0 Å². The molecule has 0 aromatic rings. The molecule has 0 bridgehead atoms. The zero-order valence-corrected chi connectivity index (χ0v) is 40.6. The van der Waals surface area contributed by atoms with Crippen molar-refractivity contribution in [2.45, 2.75) is 267 Å². The van der Waals surface area contributed by atoms with Gasteiger partial charge in [0.1, 0.15) is 0 Å². The van der Waals surface area contributed by atoms with Gasteiger partial charge in [0.15, 0.2) is 0 Å².